The van der Waals surface area contributed by atoms with E-state index in [1.54, 1.807) is 11.3 Å². The largest absolute Gasteiger partial charge is 0.392 e. The smallest absolute Gasteiger partial charge is 0.194 e. The van der Waals surface area contributed by atoms with E-state index in [2.05, 4.69) is 27.0 Å². The lowest BCUT2D eigenvalue weighted by molar-refractivity contribution is 0.295. The number of hydrogen-bond donors (Lipinski definition) is 1. The van der Waals surface area contributed by atoms with Gasteiger partial charge in [0.15, 0.2) is 4.96 Å². The maximum Gasteiger partial charge on any atom is 0.194 e. The number of aliphatic hydroxyl groups excluding tert-OH is 1. The second kappa shape index (κ2) is 5.47. The van der Waals surface area contributed by atoms with Gasteiger partial charge in [0.2, 0.25) is 0 Å². The van der Waals surface area contributed by atoms with Gasteiger partial charge < -0.3 is 5.11 Å². The van der Waals surface area contributed by atoms with Gasteiger partial charge in [0.1, 0.15) is 0 Å². The van der Waals surface area contributed by atoms with E-state index in [-0.39, 0.29) is 6.61 Å². The summed E-state index contributed by atoms with van der Waals surface area (Å²) >= 11 is 1.65. The quantitative estimate of drug-likeness (QED) is 0.929. The Bertz CT molecular complexity index is 590. The third-order valence-corrected chi connectivity index (χ3v) is 4.87. The van der Waals surface area contributed by atoms with Crippen LogP contribution in [-0.2, 0) is 0 Å². The van der Waals surface area contributed by atoms with Crippen molar-refractivity contribution in [3.05, 3.63) is 28.5 Å². The van der Waals surface area contributed by atoms with Crippen molar-refractivity contribution in [2.24, 2.45) is 5.92 Å². The predicted molar refractivity (Wildman–Crippen MR) is 79.4 cm³/mol. The predicted octanol–water partition coefficient (Wildman–Crippen LogP) is 3.66. The first kappa shape index (κ1) is 12.9. The Morgan fingerprint density at radius 3 is 3.00 bits per heavy atom. The average Bonchev–Trinajstić information content (AvgIpc) is 2.99. The van der Waals surface area contributed by atoms with Crippen molar-refractivity contribution in [2.75, 3.05) is 6.61 Å². The molecule has 0 atom stereocenters. The zero-order valence-corrected chi connectivity index (χ0v) is 12.1. The summed E-state index contributed by atoms with van der Waals surface area (Å²) in [4.78, 5) is 5.59. The molecule has 102 valence electrons. The minimum Gasteiger partial charge on any atom is -0.392 e. The highest BCUT2D eigenvalue weighted by atomic mass is 32.1. The molecule has 0 aliphatic heterocycles. The average molecular weight is 276 g/mol. The monoisotopic (exact) mass is 276 g/mol. The van der Waals surface area contributed by atoms with Crippen molar-refractivity contribution >= 4 is 22.4 Å². The summed E-state index contributed by atoms with van der Waals surface area (Å²) < 4.78 is 2.12. The number of aromatic nitrogens is 2. The van der Waals surface area contributed by atoms with E-state index in [9.17, 15) is 5.11 Å². The lowest BCUT2D eigenvalue weighted by atomic mass is 9.83. The van der Waals surface area contributed by atoms with Crippen molar-refractivity contribution in [3.8, 4) is 0 Å². The fourth-order valence-corrected chi connectivity index (χ4v) is 3.79. The van der Waals surface area contributed by atoms with Crippen LogP contribution in [-0.4, -0.2) is 21.1 Å². The molecule has 2 aromatic heterocycles. The Balaban J connectivity index is 1.97. The second-order valence-electron chi connectivity index (χ2n) is 5.35. The van der Waals surface area contributed by atoms with E-state index in [0.717, 1.165) is 16.3 Å². The van der Waals surface area contributed by atoms with E-state index in [4.69, 9.17) is 0 Å². The van der Waals surface area contributed by atoms with Crippen LogP contribution in [0.2, 0.25) is 0 Å². The molecule has 0 radical (unpaired) electrons. The molecule has 0 saturated heterocycles. The number of rotatable bonds is 3. The molecule has 1 saturated carbocycles. The van der Waals surface area contributed by atoms with E-state index in [1.165, 1.54) is 37.7 Å². The Labute approximate surface area is 117 Å². The molecule has 0 spiro atoms. The van der Waals surface area contributed by atoms with Crippen LogP contribution in [0.4, 0.5) is 0 Å². The first-order chi connectivity index (χ1) is 9.29. The molecule has 1 aliphatic rings. The zero-order chi connectivity index (χ0) is 13.2. The van der Waals surface area contributed by atoms with Gasteiger partial charge >= 0.3 is 0 Å². The van der Waals surface area contributed by atoms with Gasteiger partial charge in [-0.2, -0.15) is 0 Å². The molecule has 1 N–H and O–H groups in total. The Hall–Kier alpha value is -1.13. The van der Waals surface area contributed by atoms with Gasteiger partial charge in [-0.05, 0) is 37.3 Å². The minimum absolute atomic E-state index is 0.168. The Morgan fingerprint density at radius 2 is 2.26 bits per heavy atom. The summed E-state index contributed by atoms with van der Waals surface area (Å²) in [5.74, 6) is 0.558. The van der Waals surface area contributed by atoms with Gasteiger partial charge in [0.25, 0.3) is 0 Å². The van der Waals surface area contributed by atoms with Crippen LogP contribution in [0.1, 0.15) is 43.5 Å². The Morgan fingerprint density at radius 1 is 1.47 bits per heavy atom. The number of hydrogen-bond acceptors (Lipinski definition) is 3. The molecule has 0 bridgehead atoms. The number of aliphatic hydroxyl groups is 1. The number of imidazole rings is 1. The van der Waals surface area contributed by atoms with E-state index < -0.39 is 0 Å². The summed E-state index contributed by atoms with van der Waals surface area (Å²) in [6.07, 6.45) is 10.6. The first-order valence-corrected chi connectivity index (χ1v) is 7.91. The van der Waals surface area contributed by atoms with Crippen molar-refractivity contribution in [2.45, 2.75) is 39.0 Å². The normalized spacial score (nSPS) is 18.3. The van der Waals surface area contributed by atoms with Crippen molar-refractivity contribution in [1.29, 1.82) is 0 Å². The molecule has 2 heterocycles. The second-order valence-corrected chi connectivity index (χ2v) is 6.22. The molecule has 1 fully saturated rings. The van der Waals surface area contributed by atoms with Crippen LogP contribution in [0.3, 0.4) is 0 Å². The molecule has 2 aromatic rings. The molecular formula is C15H20N2OS. The van der Waals surface area contributed by atoms with Gasteiger partial charge in [-0.3, -0.25) is 4.40 Å². The summed E-state index contributed by atoms with van der Waals surface area (Å²) in [5.41, 5.74) is 3.36. The standard InChI is InChI=1S/C15H20N2OS/c1-11-14(17-7-8-19-15(17)16-11)9-13(10-18)12-5-3-2-4-6-12/h7-9,12,18H,2-6,10H2,1H3. The molecule has 0 aromatic carbocycles. The number of nitrogens with zero attached hydrogens (tertiary/aromatic N) is 2. The third kappa shape index (κ3) is 2.47. The maximum atomic E-state index is 9.70. The molecule has 0 unspecified atom stereocenters. The van der Waals surface area contributed by atoms with Crippen LogP contribution in [0.25, 0.3) is 11.0 Å². The topological polar surface area (TPSA) is 37.5 Å². The Kier molecular flexibility index (Phi) is 3.71. The van der Waals surface area contributed by atoms with Gasteiger partial charge in [-0.25, -0.2) is 4.98 Å². The van der Waals surface area contributed by atoms with Gasteiger partial charge in [0.05, 0.1) is 18.0 Å². The lowest BCUT2D eigenvalue weighted by Crippen LogP contribution is -2.12. The third-order valence-electron chi connectivity index (χ3n) is 4.12. The van der Waals surface area contributed by atoms with Crippen LogP contribution < -0.4 is 0 Å². The molecule has 3 rings (SSSR count). The molecule has 4 heteroatoms. The van der Waals surface area contributed by atoms with Gasteiger partial charge in [-0.15, -0.1) is 11.3 Å². The van der Waals surface area contributed by atoms with Crippen LogP contribution in [0, 0.1) is 12.8 Å². The van der Waals surface area contributed by atoms with Crippen molar-refractivity contribution in [3.63, 3.8) is 0 Å². The number of thiazole rings is 1. The summed E-state index contributed by atoms with van der Waals surface area (Å²) in [7, 11) is 0. The SMILES string of the molecule is Cc1nc2sccn2c1C=C(CO)C1CCCCC1. The number of aryl methyl sites for hydroxylation is 1. The van der Waals surface area contributed by atoms with Crippen LogP contribution >= 0.6 is 11.3 Å². The van der Waals surface area contributed by atoms with Crippen molar-refractivity contribution < 1.29 is 5.11 Å². The highest BCUT2D eigenvalue weighted by Gasteiger charge is 2.18. The highest BCUT2D eigenvalue weighted by molar-refractivity contribution is 7.15. The minimum atomic E-state index is 0.168. The molecule has 1 aliphatic carbocycles. The highest BCUT2D eigenvalue weighted by Crippen LogP contribution is 2.31. The summed E-state index contributed by atoms with van der Waals surface area (Å²) in [6.45, 7) is 2.21. The fourth-order valence-electron chi connectivity index (χ4n) is 3.03. The summed E-state index contributed by atoms with van der Waals surface area (Å²) in [6, 6.07) is 0. The van der Waals surface area contributed by atoms with E-state index in [0.29, 0.717) is 5.92 Å². The first-order valence-electron chi connectivity index (χ1n) is 7.03. The van der Waals surface area contributed by atoms with Crippen LogP contribution in [0.5, 0.6) is 0 Å². The fraction of sp³-hybridized carbons (Fsp3) is 0.533. The van der Waals surface area contributed by atoms with E-state index >= 15 is 0 Å². The number of fused-ring (bicyclic) bond motifs is 1. The van der Waals surface area contributed by atoms with E-state index in [1.807, 2.05) is 6.92 Å². The molecule has 3 nitrogen and oxygen atoms in total. The van der Waals surface area contributed by atoms with Crippen molar-refractivity contribution in [1.82, 2.24) is 9.38 Å². The van der Waals surface area contributed by atoms with Gasteiger partial charge in [0, 0.05) is 11.6 Å². The summed E-state index contributed by atoms with van der Waals surface area (Å²) in [5, 5.41) is 11.7. The van der Waals surface area contributed by atoms with Gasteiger partial charge in [-0.1, -0.05) is 19.3 Å². The molecular weight excluding hydrogens is 256 g/mol. The zero-order valence-electron chi connectivity index (χ0n) is 11.3. The maximum absolute atomic E-state index is 9.70. The molecule has 0 amide bonds. The lowest BCUT2D eigenvalue weighted by Gasteiger charge is -2.23. The molecule has 19 heavy (non-hydrogen) atoms. The van der Waals surface area contributed by atoms with Crippen LogP contribution in [0.15, 0.2) is 17.2 Å².